The zero-order chi connectivity index (χ0) is 24.1. The minimum atomic E-state index is -0.605. The van der Waals surface area contributed by atoms with Gasteiger partial charge in [0.15, 0.2) is 0 Å². The molecule has 2 aromatic heterocycles. The Morgan fingerprint density at radius 2 is 1.94 bits per heavy atom. The SMILES string of the molecule is CC(=O)NCC1CN(c2ccc(-c3ccc(C(=O)NCc4ccncc4)nc3)c(F)c2)C(=O)O1. The minimum Gasteiger partial charge on any atom is -0.442 e. The summed E-state index contributed by atoms with van der Waals surface area (Å²) in [7, 11) is 0. The number of halogens is 1. The molecule has 34 heavy (non-hydrogen) atoms. The Labute approximate surface area is 195 Å². The van der Waals surface area contributed by atoms with Crippen LogP contribution in [-0.2, 0) is 16.1 Å². The second kappa shape index (κ2) is 10.1. The monoisotopic (exact) mass is 463 g/mol. The Morgan fingerprint density at radius 3 is 2.62 bits per heavy atom. The van der Waals surface area contributed by atoms with Crippen molar-refractivity contribution in [1.82, 2.24) is 20.6 Å². The molecule has 0 saturated carbocycles. The second-order valence-corrected chi connectivity index (χ2v) is 7.69. The Hall–Kier alpha value is -4.34. The highest BCUT2D eigenvalue weighted by Gasteiger charge is 2.32. The highest BCUT2D eigenvalue weighted by atomic mass is 19.1. The van der Waals surface area contributed by atoms with Gasteiger partial charge < -0.3 is 15.4 Å². The van der Waals surface area contributed by atoms with Gasteiger partial charge in [-0.15, -0.1) is 0 Å². The molecular formula is C24H22FN5O4. The third-order valence-corrected chi connectivity index (χ3v) is 5.23. The molecule has 3 aromatic rings. The largest absolute Gasteiger partial charge is 0.442 e. The van der Waals surface area contributed by atoms with E-state index in [1.54, 1.807) is 42.7 Å². The van der Waals surface area contributed by atoms with Gasteiger partial charge >= 0.3 is 6.09 Å². The van der Waals surface area contributed by atoms with E-state index in [4.69, 9.17) is 4.74 Å². The maximum absolute atomic E-state index is 14.9. The summed E-state index contributed by atoms with van der Waals surface area (Å²) in [5.41, 5.74) is 2.23. The van der Waals surface area contributed by atoms with Gasteiger partial charge in [-0.05, 0) is 42.0 Å². The van der Waals surface area contributed by atoms with Gasteiger partial charge in [0.05, 0.1) is 18.8 Å². The summed E-state index contributed by atoms with van der Waals surface area (Å²) in [4.78, 5) is 44.9. The maximum Gasteiger partial charge on any atom is 0.414 e. The normalized spacial score (nSPS) is 15.1. The second-order valence-electron chi connectivity index (χ2n) is 7.69. The summed E-state index contributed by atoms with van der Waals surface area (Å²) in [5, 5.41) is 5.37. The number of cyclic esters (lactones) is 1. The van der Waals surface area contributed by atoms with E-state index in [1.807, 2.05) is 0 Å². The quantitative estimate of drug-likeness (QED) is 0.557. The van der Waals surface area contributed by atoms with Crippen molar-refractivity contribution in [3.05, 3.63) is 78.1 Å². The number of benzene rings is 1. The number of rotatable bonds is 7. The molecule has 0 bridgehead atoms. The summed E-state index contributed by atoms with van der Waals surface area (Å²) >= 11 is 0. The Balaban J connectivity index is 1.41. The van der Waals surface area contributed by atoms with E-state index in [1.165, 1.54) is 30.2 Å². The first-order valence-corrected chi connectivity index (χ1v) is 10.6. The van der Waals surface area contributed by atoms with Crippen molar-refractivity contribution in [2.45, 2.75) is 19.6 Å². The first-order chi connectivity index (χ1) is 16.4. The first-order valence-electron chi connectivity index (χ1n) is 10.6. The van der Waals surface area contributed by atoms with Crippen LogP contribution in [0.1, 0.15) is 23.0 Å². The van der Waals surface area contributed by atoms with Crippen LogP contribution in [-0.4, -0.2) is 47.1 Å². The molecule has 4 rings (SSSR count). The molecule has 9 nitrogen and oxygen atoms in total. The van der Waals surface area contributed by atoms with Gasteiger partial charge in [0, 0.05) is 43.2 Å². The predicted octanol–water partition coefficient (Wildman–Crippen LogP) is 2.67. The van der Waals surface area contributed by atoms with Crippen molar-refractivity contribution in [1.29, 1.82) is 0 Å². The third-order valence-electron chi connectivity index (χ3n) is 5.23. The summed E-state index contributed by atoms with van der Waals surface area (Å²) in [5.74, 6) is -1.12. The molecule has 1 aliphatic heterocycles. The van der Waals surface area contributed by atoms with Crippen molar-refractivity contribution in [2.24, 2.45) is 0 Å². The lowest BCUT2D eigenvalue weighted by molar-refractivity contribution is -0.119. The van der Waals surface area contributed by atoms with Crippen molar-refractivity contribution < 1.29 is 23.5 Å². The van der Waals surface area contributed by atoms with E-state index < -0.39 is 18.0 Å². The maximum atomic E-state index is 14.9. The molecule has 0 aliphatic carbocycles. The van der Waals surface area contributed by atoms with Crippen molar-refractivity contribution in [2.75, 3.05) is 18.0 Å². The number of pyridine rings is 2. The average molecular weight is 463 g/mol. The molecule has 1 saturated heterocycles. The van der Waals surface area contributed by atoms with E-state index in [0.29, 0.717) is 17.8 Å². The fourth-order valence-electron chi connectivity index (χ4n) is 3.46. The number of nitrogens with zero attached hydrogens (tertiary/aromatic N) is 3. The summed E-state index contributed by atoms with van der Waals surface area (Å²) < 4.78 is 20.1. The van der Waals surface area contributed by atoms with Crippen LogP contribution < -0.4 is 15.5 Å². The highest BCUT2D eigenvalue weighted by molar-refractivity contribution is 5.93. The molecule has 1 aromatic carbocycles. The predicted molar refractivity (Wildman–Crippen MR) is 121 cm³/mol. The lowest BCUT2D eigenvalue weighted by Crippen LogP contribution is -2.33. The molecule has 3 amide bonds. The topological polar surface area (TPSA) is 114 Å². The first kappa shape index (κ1) is 22.8. The van der Waals surface area contributed by atoms with Crippen molar-refractivity contribution in [3.8, 4) is 11.1 Å². The van der Waals surface area contributed by atoms with Crippen LogP contribution in [0.3, 0.4) is 0 Å². The summed E-state index contributed by atoms with van der Waals surface area (Å²) in [6.45, 7) is 2.10. The van der Waals surface area contributed by atoms with Gasteiger partial charge in [-0.3, -0.25) is 24.5 Å². The minimum absolute atomic E-state index is 0.187. The molecule has 1 unspecified atom stereocenters. The molecule has 0 spiro atoms. The number of carbonyl (C=O) groups excluding carboxylic acids is 3. The van der Waals surface area contributed by atoms with Gasteiger partial charge in [0.2, 0.25) is 5.91 Å². The van der Waals surface area contributed by atoms with E-state index in [-0.39, 0.29) is 36.2 Å². The van der Waals surface area contributed by atoms with E-state index >= 15 is 0 Å². The van der Waals surface area contributed by atoms with Crippen LogP contribution in [0.5, 0.6) is 0 Å². The molecule has 174 valence electrons. The zero-order valence-electron chi connectivity index (χ0n) is 18.3. The fraction of sp³-hybridized carbons (Fsp3) is 0.208. The van der Waals surface area contributed by atoms with Crippen LogP contribution in [0, 0.1) is 5.82 Å². The Morgan fingerprint density at radius 1 is 1.15 bits per heavy atom. The van der Waals surface area contributed by atoms with Crippen LogP contribution in [0.2, 0.25) is 0 Å². The van der Waals surface area contributed by atoms with Crippen LogP contribution in [0.25, 0.3) is 11.1 Å². The number of amides is 3. The smallest absolute Gasteiger partial charge is 0.414 e. The van der Waals surface area contributed by atoms with Gasteiger partial charge in [-0.25, -0.2) is 9.18 Å². The van der Waals surface area contributed by atoms with Crippen LogP contribution in [0.4, 0.5) is 14.9 Å². The van der Waals surface area contributed by atoms with Crippen LogP contribution in [0.15, 0.2) is 61.1 Å². The number of nitrogens with one attached hydrogen (secondary N) is 2. The number of carbonyl (C=O) groups is 3. The standard InChI is InChI=1S/C24H22FN5O4/c1-15(31)27-13-19-14-30(24(33)34-19)18-3-4-20(21(25)10-18)17-2-5-22(28-12-17)23(32)29-11-16-6-8-26-9-7-16/h2-10,12,19H,11,13-14H2,1H3,(H,27,31)(H,29,32). The number of hydrogen-bond acceptors (Lipinski definition) is 6. The Bertz CT molecular complexity index is 1200. The average Bonchev–Trinajstić information content (AvgIpc) is 3.22. The van der Waals surface area contributed by atoms with E-state index in [2.05, 4.69) is 20.6 Å². The van der Waals surface area contributed by atoms with Gasteiger partial charge in [0.25, 0.3) is 5.91 Å². The lowest BCUT2D eigenvalue weighted by atomic mass is 10.1. The molecule has 0 radical (unpaired) electrons. The fourth-order valence-corrected chi connectivity index (χ4v) is 3.46. The Kier molecular flexibility index (Phi) is 6.77. The van der Waals surface area contributed by atoms with Crippen LogP contribution >= 0.6 is 0 Å². The third kappa shape index (κ3) is 5.34. The molecule has 1 fully saturated rings. The number of aromatic nitrogens is 2. The van der Waals surface area contributed by atoms with Crippen molar-refractivity contribution in [3.63, 3.8) is 0 Å². The zero-order valence-corrected chi connectivity index (χ0v) is 18.3. The number of hydrogen-bond donors (Lipinski definition) is 2. The molecule has 1 atom stereocenters. The molecule has 1 aliphatic rings. The van der Waals surface area contributed by atoms with Crippen molar-refractivity contribution >= 4 is 23.6 Å². The molecule has 3 heterocycles. The highest BCUT2D eigenvalue weighted by Crippen LogP contribution is 2.29. The van der Waals surface area contributed by atoms with E-state index in [9.17, 15) is 18.8 Å². The summed E-state index contributed by atoms with van der Waals surface area (Å²) in [6.07, 6.45) is 3.59. The number of anilines is 1. The van der Waals surface area contributed by atoms with E-state index in [0.717, 1.165) is 5.56 Å². The van der Waals surface area contributed by atoms with Gasteiger partial charge in [-0.1, -0.05) is 6.07 Å². The molecular weight excluding hydrogens is 441 g/mol. The lowest BCUT2D eigenvalue weighted by Gasteiger charge is -2.14. The van der Waals surface area contributed by atoms with Gasteiger partial charge in [0.1, 0.15) is 17.6 Å². The van der Waals surface area contributed by atoms with Gasteiger partial charge in [-0.2, -0.15) is 0 Å². The summed E-state index contributed by atoms with van der Waals surface area (Å²) in [6, 6.07) is 11.1. The molecule has 10 heteroatoms. The number of ether oxygens (including phenoxy) is 1. The molecule has 2 N–H and O–H groups in total.